The third-order valence-electron chi connectivity index (χ3n) is 6.44. The van der Waals surface area contributed by atoms with Crippen molar-refractivity contribution in [3.8, 4) is 5.75 Å². The minimum absolute atomic E-state index is 0.0257. The third kappa shape index (κ3) is 4.15. The van der Waals surface area contributed by atoms with Gasteiger partial charge in [0.2, 0.25) is 5.91 Å². The Bertz CT molecular complexity index is 1330. The fourth-order valence-electron chi connectivity index (χ4n) is 4.55. The molecule has 3 aromatic carbocycles. The van der Waals surface area contributed by atoms with Crippen molar-refractivity contribution in [3.63, 3.8) is 0 Å². The van der Waals surface area contributed by atoms with Gasteiger partial charge in [-0.25, -0.2) is 4.98 Å². The van der Waals surface area contributed by atoms with Gasteiger partial charge in [-0.05, 0) is 71.2 Å². The number of carbonyl (C=O) groups is 1. The van der Waals surface area contributed by atoms with E-state index < -0.39 is 0 Å². The summed E-state index contributed by atoms with van der Waals surface area (Å²) in [7, 11) is 0. The van der Waals surface area contributed by atoms with E-state index in [1.807, 2.05) is 59.5 Å². The Labute approximate surface area is 202 Å². The molecule has 0 aliphatic carbocycles. The number of hydrogen-bond acceptors (Lipinski definition) is 3. The van der Waals surface area contributed by atoms with E-state index in [9.17, 15) is 4.79 Å². The number of nitrogens with zero attached hydrogens (tertiary/aromatic N) is 3. The molecule has 0 bridgehead atoms. The second-order valence-corrected chi connectivity index (χ2v) is 9.37. The number of aromatic nitrogens is 2. The second kappa shape index (κ2) is 9.02. The number of rotatable bonds is 6. The molecule has 1 atom stereocenters. The van der Waals surface area contributed by atoms with Gasteiger partial charge in [0.25, 0.3) is 0 Å². The van der Waals surface area contributed by atoms with Gasteiger partial charge in [-0.2, -0.15) is 0 Å². The molecule has 0 N–H and O–H groups in total. The first-order chi connectivity index (χ1) is 16.0. The van der Waals surface area contributed by atoms with Crippen LogP contribution in [0.4, 0.5) is 5.69 Å². The van der Waals surface area contributed by atoms with E-state index in [4.69, 9.17) is 9.72 Å². The van der Waals surface area contributed by atoms with Crippen LogP contribution in [0.3, 0.4) is 0 Å². The molecule has 1 aliphatic heterocycles. The van der Waals surface area contributed by atoms with Gasteiger partial charge < -0.3 is 14.2 Å². The second-order valence-electron chi connectivity index (χ2n) is 8.51. The van der Waals surface area contributed by atoms with Crippen molar-refractivity contribution in [3.05, 3.63) is 88.2 Å². The predicted octanol–water partition coefficient (Wildman–Crippen LogP) is 6.02. The number of fused-ring (bicyclic) bond motifs is 1. The predicted molar refractivity (Wildman–Crippen MR) is 135 cm³/mol. The highest BCUT2D eigenvalue weighted by Crippen LogP contribution is 2.36. The molecule has 6 heteroatoms. The number of hydrogen-bond donors (Lipinski definition) is 0. The number of anilines is 1. The molecule has 0 saturated carbocycles. The van der Waals surface area contributed by atoms with Crippen LogP contribution < -0.4 is 9.64 Å². The van der Waals surface area contributed by atoms with Crippen LogP contribution in [0.15, 0.2) is 71.2 Å². The van der Waals surface area contributed by atoms with E-state index in [0.717, 1.165) is 32.8 Å². The molecule has 5 nitrogen and oxygen atoms in total. The van der Waals surface area contributed by atoms with Crippen LogP contribution in [0.5, 0.6) is 5.75 Å². The van der Waals surface area contributed by atoms with Crippen LogP contribution >= 0.6 is 15.9 Å². The van der Waals surface area contributed by atoms with Crippen LogP contribution in [0, 0.1) is 13.8 Å². The minimum Gasteiger partial charge on any atom is -0.491 e. The number of para-hydroxylation sites is 3. The van der Waals surface area contributed by atoms with Crippen molar-refractivity contribution in [2.75, 3.05) is 18.1 Å². The molecular weight excluding hydrogens is 478 g/mol. The summed E-state index contributed by atoms with van der Waals surface area (Å²) in [6, 6.07) is 22.2. The summed E-state index contributed by atoms with van der Waals surface area (Å²) < 4.78 is 9.30. The third-order valence-corrected chi connectivity index (χ3v) is 7.12. The Hall–Kier alpha value is -3.12. The smallest absolute Gasteiger partial charge is 0.227 e. The Morgan fingerprint density at radius 2 is 1.82 bits per heavy atom. The van der Waals surface area contributed by atoms with Gasteiger partial charge >= 0.3 is 0 Å². The fraction of sp³-hybridized carbons (Fsp3) is 0.259. The lowest BCUT2D eigenvalue weighted by molar-refractivity contribution is -0.117. The van der Waals surface area contributed by atoms with Crippen LogP contribution in [0.25, 0.3) is 11.0 Å². The molecule has 1 unspecified atom stereocenters. The number of halogens is 1. The van der Waals surface area contributed by atoms with Crippen LogP contribution in [0.1, 0.15) is 29.3 Å². The van der Waals surface area contributed by atoms with Gasteiger partial charge in [0.1, 0.15) is 18.2 Å². The molecule has 4 aromatic rings. The SMILES string of the molecule is Cc1cccc(OCCn2c(C3CC(=O)N(c4ccccc4Br)C3)nc3ccccc32)c1C. The summed E-state index contributed by atoms with van der Waals surface area (Å²) >= 11 is 3.59. The summed E-state index contributed by atoms with van der Waals surface area (Å²) in [6.07, 6.45) is 0.447. The summed E-state index contributed by atoms with van der Waals surface area (Å²) in [6.45, 7) is 6.00. The van der Waals surface area contributed by atoms with Crippen LogP contribution in [0.2, 0.25) is 0 Å². The largest absolute Gasteiger partial charge is 0.491 e. The van der Waals surface area contributed by atoms with Gasteiger partial charge in [0.15, 0.2) is 0 Å². The molecule has 168 valence electrons. The molecule has 1 amide bonds. The first kappa shape index (κ1) is 21.7. The van der Waals surface area contributed by atoms with Gasteiger partial charge in [-0.15, -0.1) is 0 Å². The van der Waals surface area contributed by atoms with E-state index >= 15 is 0 Å². The lowest BCUT2D eigenvalue weighted by Gasteiger charge is -2.19. The summed E-state index contributed by atoms with van der Waals surface area (Å²) in [4.78, 5) is 19.8. The lowest BCUT2D eigenvalue weighted by Crippen LogP contribution is -2.25. The van der Waals surface area contributed by atoms with Crippen molar-refractivity contribution in [2.45, 2.75) is 32.7 Å². The maximum Gasteiger partial charge on any atom is 0.227 e. The number of ether oxygens (including phenoxy) is 1. The molecule has 1 fully saturated rings. The molecule has 1 aliphatic rings. The van der Waals surface area contributed by atoms with Crippen LogP contribution in [-0.2, 0) is 11.3 Å². The Kier molecular flexibility index (Phi) is 5.94. The lowest BCUT2D eigenvalue weighted by atomic mass is 10.1. The number of amides is 1. The zero-order valence-electron chi connectivity index (χ0n) is 18.8. The van der Waals surface area contributed by atoms with Crippen molar-refractivity contribution in [2.24, 2.45) is 0 Å². The van der Waals surface area contributed by atoms with Crippen molar-refractivity contribution < 1.29 is 9.53 Å². The zero-order valence-corrected chi connectivity index (χ0v) is 20.4. The molecule has 2 heterocycles. The average molecular weight is 504 g/mol. The average Bonchev–Trinajstić information content (AvgIpc) is 3.37. The van der Waals surface area contributed by atoms with Gasteiger partial charge in [-0.3, -0.25) is 4.79 Å². The normalized spacial score (nSPS) is 16.0. The van der Waals surface area contributed by atoms with Gasteiger partial charge in [-0.1, -0.05) is 36.4 Å². The van der Waals surface area contributed by atoms with E-state index in [-0.39, 0.29) is 11.8 Å². The molecule has 1 saturated heterocycles. The first-order valence-electron chi connectivity index (χ1n) is 11.2. The van der Waals surface area contributed by atoms with Crippen LogP contribution in [-0.4, -0.2) is 28.6 Å². The van der Waals surface area contributed by atoms with E-state index in [0.29, 0.717) is 26.1 Å². The standard InChI is InChI=1S/C27H26BrN3O2/c1-18-8-7-13-25(19(18)2)33-15-14-30-24-12-6-4-10-22(24)29-27(30)20-16-26(32)31(17-20)23-11-5-3-9-21(23)28/h3-13,20H,14-17H2,1-2H3. The van der Waals surface area contributed by atoms with E-state index in [1.54, 1.807) is 0 Å². The topological polar surface area (TPSA) is 47.4 Å². The summed E-state index contributed by atoms with van der Waals surface area (Å²) in [5.41, 5.74) is 5.32. The zero-order chi connectivity index (χ0) is 22.9. The van der Waals surface area contributed by atoms with E-state index in [1.165, 1.54) is 11.1 Å². The van der Waals surface area contributed by atoms with Gasteiger partial charge in [0.05, 0.1) is 23.3 Å². The maximum absolute atomic E-state index is 12.9. The van der Waals surface area contributed by atoms with Crippen molar-refractivity contribution in [1.82, 2.24) is 9.55 Å². The number of aryl methyl sites for hydroxylation is 1. The summed E-state index contributed by atoms with van der Waals surface area (Å²) in [5, 5.41) is 0. The Morgan fingerprint density at radius 3 is 2.67 bits per heavy atom. The van der Waals surface area contributed by atoms with Crippen molar-refractivity contribution >= 4 is 38.6 Å². The van der Waals surface area contributed by atoms with E-state index in [2.05, 4.69) is 46.5 Å². The number of imidazole rings is 1. The number of carbonyl (C=O) groups excluding carboxylic acids is 1. The highest BCUT2D eigenvalue weighted by atomic mass is 79.9. The fourth-order valence-corrected chi connectivity index (χ4v) is 5.05. The quantitative estimate of drug-likeness (QED) is 0.323. The maximum atomic E-state index is 12.9. The highest BCUT2D eigenvalue weighted by Gasteiger charge is 2.35. The number of benzene rings is 3. The van der Waals surface area contributed by atoms with Crippen molar-refractivity contribution in [1.29, 1.82) is 0 Å². The Balaban J connectivity index is 1.42. The first-order valence-corrected chi connectivity index (χ1v) is 12.0. The highest BCUT2D eigenvalue weighted by molar-refractivity contribution is 9.10. The van der Waals surface area contributed by atoms with Gasteiger partial charge in [0, 0.05) is 23.4 Å². The Morgan fingerprint density at radius 1 is 1.03 bits per heavy atom. The molecule has 1 aromatic heterocycles. The molecule has 0 radical (unpaired) electrons. The minimum atomic E-state index is 0.0257. The molecular formula is C27H26BrN3O2. The monoisotopic (exact) mass is 503 g/mol. The molecule has 5 rings (SSSR count). The molecule has 33 heavy (non-hydrogen) atoms. The molecule has 0 spiro atoms. The summed E-state index contributed by atoms with van der Waals surface area (Å²) in [5.74, 6) is 2.01.